The van der Waals surface area contributed by atoms with Crippen LogP contribution in [-0.2, 0) is 12.8 Å². The third-order valence-electron chi connectivity index (χ3n) is 4.08. The van der Waals surface area contributed by atoms with Gasteiger partial charge in [0.05, 0.1) is 5.56 Å². The second kappa shape index (κ2) is 7.20. The number of rotatable bonds is 4. The van der Waals surface area contributed by atoms with Crippen LogP contribution in [-0.4, -0.2) is 0 Å². The van der Waals surface area contributed by atoms with Crippen molar-refractivity contribution in [2.75, 3.05) is 0 Å². The minimum atomic E-state index is -4.36. The number of halogens is 4. The van der Waals surface area contributed by atoms with Gasteiger partial charge in [-0.15, -0.1) is 0 Å². The van der Waals surface area contributed by atoms with Crippen molar-refractivity contribution in [3.63, 3.8) is 0 Å². The highest BCUT2D eigenvalue weighted by Crippen LogP contribution is 2.32. The molecule has 0 amide bonds. The lowest BCUT2D eigenvalue weighted by Gasteiger charge is -2.13. The van der Waals surface area contributed by atoms with Gasteiger partial charge in [0.2, 0.25) is 0 Å². The molecule has 0 saturated heterocycles. The van der Waals surface area contributed by atoms with Gasteiger partial charge in [0, 0.05) is 6.07 Å². The summed E-state index contributed by atoms with van der Waals surface area (Å²) in [4.78, 5) is 0. The Balaban J connectivity index is 1.83. The predicted molar refractivity (Wildman–Crippen MR) is 92.3 cm³/mol. The number of hydrogen-bond donors (Lipinski definition) is 0. The SMILES string of the molecule is Cc1ccc(OCc2ccccc2-c2ccc(C(F)(F)F)cc2)cc1F. The van der Waals surface area contributed by atoms with Crippen LogP contribution in [0.25, 0.3) is 11.1 Å². The van der Waals surface area contributed by atoms with E-state index in [1.54, 1.807) is 19.1 Å². The zero-order valence-corrected chi connectivity index (χ0v) is 14.0. The van der Waals surface area contributed by atoms with E-state index in [2.05, 4.69) is 0 Å². The fourth-order valence-electron chi connectivity index (χ4n) is 2.59. The molecule has 0 aliphatic rings. The highest BCUT2D eigenvalue weighted by Gasteiger charge is 2.30. The van der Waals surface area contributed by atoms with E-state index in [0.29, 0.717) is 16.9 Å². The van der Waals surface area contributed by atoms with Crippen molar-refractivity contribution in [2.24, 2.45) is 0 Å². The van der Waals surface area contributed by atoms with Crippen LogP contribution in [0, 0.1) is 12.7 Å². The fraction of sp³-hybridized carbons (Fsp3) is 0.143. The van der Waals surface area contributed by atoms with Crippen LogP contribution in [0.5, 0.6) is 5.75 Å². The molecule has 0 heterocycles. The molecule has 0 radical (unpaired) electrons. The minimum Gasteiger partial charge on any atom is -0.489 e. The van der Waals surface area contributed by atoms with Crippen molar-refractivity contribution < 1.29 is 22.3 Å². The normalized spacial score (nSPS) is 11.4. The first kappa shape index (κ1) is 18.0. The van der Waals surface area contributed by atoms with Crippen LogP contribution < -0.4 is 4.74 Å². The highest BCUT2D eigenvalue weighted by molar-refractivity contribution is 5.67. The van der Waals surface area contributed by atoms with Gasteiger partial charge >= 0.3 is 6.18 Å². The number of aryl methyl sites for hydroxylation is 1. The van der Waals surface area contributed by atoms with E-state index in [1.165, 1.54) is 18.2 Å². The van der Waals surface area contributed by atoms with Crippen molar-refractivity contribution in [1.82, 2.24) is 0 Å². The Labute approximate surface area is 148 Å². The van der Waals surface area contributed by atoms with Crippen LogP contribution >= 0.6 is 0 Å². The van der Waals surface area contributed by atoms with Crippen molar-refractivity contribution in [3.05, 3.63) is 89.2 Å². The average Bonchev–Trinajstić information content (AvgIpc) is 2.62. The van der Waals surface area contributed by atoms with Gasteiger partial charge in [0.1, 0.15) is 18.2 Å². The quantitative estimate of drug-likeness (QED) is 0.489. The van der Waals surface area contributed by atoms with Crippen molar-refractivity contribution >= 4 is 0 Å². The summed E-state index contributed by atoms with van der Waals surface area (Å²) >= 11 is 0. The van der Waals surface area contributed by atoms with E-state index >= 15 is 0 Å². The van der Waals surface area contributed by atoms with E-state index in [0.717, 1.165) is 23.3 Å². The lowest BCUT2D eigenvalue weighted by molar-refractivity contribution is -0.137. The largest absolute Gasteiger partial charge is 0.489 e. The first-order valence-corrected chi connectivity index (χ1v) is 7.99. The molecule has 0 unspecified atom stereocenters. The lowest BCUT2D eigenvalue weighted by Crippen LogP contribution is -2.04. The molecule has 0 fully saturated rings. The van der Waals surface area contributed by atoms with Gasteiger partial charge in [-0.3, -0.25) is 0 Å². The Morgan fingerprint density at radius 1 is 0.885 bits per heavy atom. The topological polar surface area (TPSA) is 9.23 Å². The molecule has 0 spiro atoms. The molecule has 5 heteroatoms. The van der Waals surface area contributed by atoms with Crippen LogP contribution in [0.1, 0.15) is 16.7 Å². The molecule has 0 aliphatic carbocycles. The molecular formula is C21H16F4O. The summed E-state index contributed by atoms with van der Waals surface area (Å²) in [5.74, 6) is 0.0499. The molecule has 0 bridgehead atoms. The van der Waals surface area contributed by atoms with E-state index < -0.39 is 11.7 Å². The molecule has 134 valence electrons. The Kier molecular flexibility index (Phi) is 4.98. The van der Waals surface area contributed by atoms with Gasteiger partial charge in [0.25, 0.3) is 0 Å². The van der Waals surface area contributed by atoms with Crippen molar-refractivity contribution in [1.29, 1.82) is 0 Å². The minimum absolute atomic E-state index is 0.180. The maximum atomic E-state index is 13.6. The smallest absolute Gasteiger partial charge is 0.416 e. The molecule has 3 rings (SSSR count). The Morgan fingerprint density at radius 2 is 1.58 bits per heavy atom. The standard InChI is InChI=1S/C21H16F4O/c1-14-6-11-18(12-20(14)22)26-13-16-4-2-3-5-19(16)15-7-9-17(10-8-15)21(23,24)25/h2-12H,13H2,1H3. The first-order valence-electron chi connectivity index (χ1n) is 7.99. The van der Waals surface area contributed by atoms with Gasteiger partial charge in [0.15, 0.2) is 0 Å². The van der Waals surface area contributed by atoms with Crippen LogP contribution in [0.2, 0.25) is 0 Å². The van der Waals surface area contributed by atoms with Crippen molar-refractivity contribution in [2.45, 2.75) is 19.7 Å². The zero-order chi connectivity index (χ0) is 18.7. The molecule has 26 heavy (non-hydrogen) atoms. The Bertz CT molecular complexity index is 899. The molecule has 0 N–H and O–H groups in total. The number of alkyl halides is 3. The number of ether oxygens (including phenoxy) is 1. The summed E-state index contributed by atoms with van der Waals surface area (Å²) in [6.45, 7) is 1.85. The van der Waals surface area contributed by atoms with Crippen LogP contribution in [0.15, 0.2) is 66.7 Å². The highest BCUT2D eigenvalue weighted by atomic mass is 19.4. The number of hydrogen-bond acceptors (Lipinski definition) is 1. The second-order valence-electron chi connectivity index (χ2n) is 5.93. The second-order valence-corrected chi connectivity index (χ2v) is 5.93. The maximum absolute atomic E-state index is 13.6. The molecular weight excluding hydrogens is 344 g/mol. The predicted octanol–water partition coefficient (Wildman–Crippen LogP) is 6.40. The van der Waals surface area contributed by atoms with Crippen molar-refractivity contribution in [3.8, 4) is 16.9 Å². The number of benzene rings is 3. The summed E-state index contributed by atoms with van der Waals surface area (Å²) in [5.41, 5.74) is 2.07. The van der Waals surface area contributed by atoms with E-state index in [-0.39, 0.29) is 12.4 Å². The van der Waals surface area contributed by atoms with Gasteiger partial charge in [-0.05, 0) is 47.4 Å². The fourth-order valence-corrected chi connectivity index (χ4v) is 2.59. The molecule has 1 nitrogen and oxygen atoms in total. The van der Waals surface area contributed by atoms with E-state index in [1.807, 2.05) is 24.3 Å². The van der Waals surface area contributed by atoms with Crippen LogP contribution in [0.4, 0.5) is 17.6 Å². The summed E-state index contributed by atoms with van der Waals surface area (Å²) in [7, 11) is 0. The summed E-state index contributed by atoms with van der Waals surface area (Å²) in [5, 5.41) is 0. The third kappa shape index (κ3) is 4.04. The molecule has 0 aliphatic heterocycles. The Morgan fingerprint density at radius 3 is 2.23 bits per heavy atom. The van der Waals surface area contributed by atoms with E-state index in [4.69, 9.17) is 4.74 Å². The van der Waals surface area contributed by atoms with Crippen LogP contribution in [0.3, 0.4) is 0 Å². The molecule has 3 aromatic rings. The first-order chi connectivity index (χ1) is 12.3. The molecule has 0 aromatic heterocycles. The van der Waals surface area contributed by atoms with Gasteiger partial charge in [-0.1, -0.05) is 42.5 Å². The monoisotopic (exact) mass is 360 g/mol. The summed E-state index contributed by atoms with van der Waals surface area (Å²) in [6, 6.07) is 16.9. The molecule has 0 atom stereocenters. The molecule has 0 saturated carbocycles. The average molecular weight is 360 g/mol. The van der Waals surface area contributed by atoms with Gasteiger partial charge in [-0.25, -0.2) is 4.39 Å². The summed E-state index contributed by atoms with van der Waals surface area (Å²) < 4.78 is 57.4. The molecule has 3 aromatic carbocycles. The lowest BCUT2D eigenvalue weighted by atomic mass is 9.99. The summed E-state index contributed by atoms with van der Waals surface area (Å²) in [6.07, 6.45) is -4.36. The zero-order valence-electron chi connectivity index (χ0n) is 14.0. The third-order valence-corrected chi connectivity index (χ3v) is 4.08. The maximum Gasteiger partial charge on any atom is 0.416 e. The van der Waals surface area contributed by atoms with Gasteiger partial charge in [-0.2, -0.15) is 13.2 Å². The van der Waals surface area contributed by atoms with Gasteiger partial charge < -0.3 is 4.74 Å². The van der Waals surface area contributed by atoms with E-state index in [9.17, 15) is 17.6 Å². The Hall–Kier alpha value is -2.82.